The van der Waals surface area contributed by atoms with Gasteiger partial charge in [0.1, 0.15) is 12.6 Å². The van der Waals surface area contributed by atoms with Gasteiger partial charge in [0, 0.05) is 50.1 Å². The van der Waals surface area contributed by atoms with Crippen molar-refractivity contribution in [1.29, 1.82) is 0 Å². The van der Waals surface area contributed by atoms with Gasteiger partial charge in [-0.3, -0.25) is 25.0 Å². The fraction of sp³-hybridized carbons (Fsp3) is 0.370. The van der Waals surface area contributed by atoms with E-state index in [0.29, 0.717) is 44.7 Å². The molecule has 2 fully saturated rings. The molecule has 0 spiro atoms. The number of carbonyl (C=O) groups excluding carboxylic acids is 3. The smallest absolute Gasteiger partial charge is 0.440 e. The van der Waals surface area contributed by atoms with Gasteiger partial charge in [-0.2, -0.15) is 22.6 Å². The molecular formula is C27H29N7O9S. The Hall–Kier alpha value is -5.06. The molecule has 3 amide bonds. The largest absolute Gasteiger partial charge is 0.443 e. The molecule has 3 atom stereocenters. The number of nitro groups is 2. The van der Waals surface area contributed by atoms with Crippen LogP contribution in [0.25, 0.3) is 0 Å². The van der Waals surface area contributed by atoms with Crippen LogP contribution in [0.3, 0.4) is 0 Å². The average molecular weight is 628 g/mol. The zero-order valence-electron chi connectivity index (χ0n) is 23.3. The average Bonchev–Trinajstić information content (AvgIpc) is 3.41. The number of piperazine rings is 1. The number of carbonyl (C=O) groups is 3. The quantitative estimate of drug-likeness (QED) is 0.107. The van der Waals surface area contributed by atoms with E-state index in [4.69, 9.17) is 9.47 Å². The number of rotatable bonds is 9. The van der Waals surface area contributed by atoms with E-state index >= 15 is 0 Å². The lowest BCUT2D eigenvalue weighted by atomic mass is 10.1. The number of hydrogen-bond acceptors (Lipinski definition) is 10. The number of non-ortho nitro benzene ring substituents is 1. The Balaban J connectivity index is 1.24. The lowest BCUT2D eigenvalue weighted by Gasteiger charge is -2.36. The van der Waals surface area contributed by atoms with Crippen molar-refractivity contribution in [2.75, 3.05) is 32.7 Å². The number of likely N-dealkylation sites (tertiary alicyclic amines) is 1. The predicted octanol–water partition coefficient (Wildman–Crippen LogP) is 2.92. The number of aliphatic imine (C=N–C) groups is 2. The fourth-order valence-corrected chi connectivity index (χ4v) is 4.99. The molecule has 2 unspecified atom stereocenters. The number of hydrogen-bond donors (Lipinski definition) is 1. The van der Waals surface area contributed by atoms with Gasteiger partial charge in [0.25, 0.3) is 5.69 Å². The summed E-state index contributed by atoms with van der Waals surface area (Å²) in [6, 6.07) is 12.8. The van der Waals surface area contributed by atoms with E-state index in [2.05, 4.69) is 22.6 Å². The van der Waals surface area contributed by atoms with Crippen LogP contribution < -0.4 is 0 Å². The van der Waals surface area contributed by atoms with Crippen molar-refractivity contribution in [2.45, 2.75) is 30.5 Å². The first kappa shape index (κ1) is 31.9. The Labute approximate surface area is 256 Å². The summed E-state index contributed by atoms with van der Waals surface area (Å²) in [5.41, 5.74) is 0.686. The number of nitro benzene ring substituents is 1. The van der Waals surface area contributed by atoms with Crippen LogP contribution in [-0.4, -0.2) is 99.3 Å². The molecule has 2 aromatic carbocycles. The number of amides is 3. The van der Waals surface area contributed by atoms with Gasteiger partial charge in [0.15, 0.2) is 0 Å². The van der Waals surface area contributed by atoms with Crippen LogP contribution >= 0.6 is 12.6 Å². The second kappa shape index (κ2) is 14.9. The maximum Gasteiger partial charge on any atom is 0.440 e. The van der Waals surface area contributed by atoms with Crippen LogP contribution in [0, 0.1) is 20.2 Å². The summed E-state index contributed by atoms with van der Waals surface area (Å²) in [5.74, 6) is -0.167. The molecule has 2 aliphatic heterocycles. The first-order valence-electron chi connectivity index (χ1n) is 13.4. The van der Waals surface area contributed by atoms with Crippen molar-refractivity contribution >= 4 is 49.1 Å². The van der Waals surface area contributed by atoms with Gasteiger partial charge >= 0.3 is 18.4 Å². The van der Waals surface area contributed by atoms with Crippen LogP contribution in [0.15, 0.2) is 64.6 Å². The molecule has 0 bridgehead atoms. The second-order valence-corrected chi connectivity index (χ2v) is 10.6. The summed E-state index contributed by atoms with van der Waals surface area (Å²) in [4.78, 5) is 71.0. The second-order valence-electron chi connectivity index (χ2n) is 9.86. The van der Waals surface area contributed by atoms with Gasteiger partial charge in [-0.1, -0.05) is 18.2 Å². The molecule has 16 nitrogen and oxygen atoms in total. The molecule has 44 heavy (non-hydrogen) atoms. The standard InChI is InChI=1S/C27H29N7O9S/c35-24(23-14-22(44)15-32(23)18-29-26(36)42-16-19-6-8-21(9-7-19)33(38)39)31-12-10-30(11-13-31)17-28-27(37)43-25(34(40)41)20-4-2-1-3-5-20/h1-9,17-18,22-23,25,44H,10-16H2/t22?,23-,25?/m0/s1. The number of ether oxygens (including phenoxy) is 2. The van der Waals surface area contributed by atoms with Crippen LogP contribution in [-0.2, 0) is 20.9 Å². The minimum atomic E-state index is -1.68. The third kappa shape index (κ3) is 8.73. The third-order valence-electron chi connectivity index (χ3n) is 6.86. The molecule has 0 N–H and O–H groups in total. The van der Waals surface area contributed by atoms with Crippen molar-refractivity contribution in [3.05, 3.63) is 86.0 Å². The van der Waals surface area contributed by atoms with E-state index in [9.17, 15) is 34.6 Å². The minimum Gasteiger partial charge on any atom is -0.443 e. The Kier molecular flexibility index (Phi) is 10.8. The summed E-state index contributed by atoms with van der Waals surface area (Å²) in [6.07, 6.45) is -0.719. The van der Waals surface area contributed by atoms with Gasteiger partial charge in [-0.05, 0) is 36.2 Å². The number of thiol groups is 1. The summed E-state index contributed by atoms with van der Waals surface area (Å²) in [6.45, 7) is 1.65. The van der Waals surface area contributed by atoms with Gasteiger partial charge < -0.3 is 24.2 Å². The SMILES string of the molecule is O=C(N=CN1CC(S)C[C@H]1C(=O)N1CCN(C=NC(=O)OC(c2ccccc2)[N+](=O)[O-])CC1)OCc1ccc([N+](=O)[O-])cc1. The Morgan fingerprint density at radius 2 is 1.61 bits per heavy atom. The summed E-state index contributed by atoms with van der Waals surface area (Å²) < 4.78 is 10.0. The molecule has 0 aliphatic carbocycles. The normalized spacial score (nSPS) is 19.2. The maximum absolute atomic E-state index is 13.3. The Morgan fingerprint density at radius 3 is 2.25 bits per heavy atom. The lowest BCUT2D eigenvalue weighted by Crippen LogP contribution is -2.53. The third-order valence-corrected chi connectivity index (χ3v) is 7.24. The molecule has 4 rings (SSSR count). The van der Waals surface area contributed by atoms with Crippen molar-refractivity contribution in [1.82, 2.24) is 14.7 Å². The molecule has 2 aliphatic rings. The van der Waals surface area contributed by atoms with Gasteiger partial charge in [0.2, 0.25) is 5.91 Å². The lowest BCUT2D eigenvalue weighted by molar-refractivity contribution is -0.574. The minimum absolute atomic E-state index is 0.0780. The number of nitrogens with zero attached hydrogens (tertiary/aromatic N) is 7. The maximum atomic E-state index is 13.3. The fourth-order valence-electron chi connectivity index (χ4n) is 4.60. The molecule has 0 aromatic heterocycles. The van der Waals surface area contributed by atoms with E-state index in [1.54, 1.807) is 32.9 Å². The van der Waals surface area contributed by atoms with E-state index in [1.165, 1.54) is 49.1 Å². The molecule has 17 heteroatoms. The van der Waals surface area contributed by atoms with E-state index in [0.717, 1.165) is 0 Å². The van der Waals surface area contributed by atoms with Crippen molar-refractivity contribution in [3.63, 3.8) is 0 Å². The molecule has 2 aromatic rings. The van der Waals surface area contributed by atoms with Crippen LogP contribution in [0.5, 0.6) is 0 Å². The molecule has 2 saturated heterocycles. The molecule has 2 heterocycles. The highest BCUT2D eigenvalue weighted by molar-refractivity contribution is 7.81. The van der Waals surface area contributed by atoms with E-state index in [-0.39, 0.29) is 29.0 Å². The van der Waals surface area contributed by atoms with Gasteiger partial charge in [0.05, 0.1) is 28.1 Å². The topological polar surface area (TPSA) is 190 Å². The highest BCUT2D eigenvalue weighted by atomic mass is 32.1. The van der Waals surface area contributed by atoms with E-state index < -0.39 is 34.3 Å². The highest BCUT2D eigenvalue weighted by Crippen LogP contribution is 2.23. The van der Waals surface area contributed by atoms with Crippen LogP contribution in [0.4, 0.5) is 15.3 Å². The van der Waals surface area contributed by atoms with E-state index in [1.807, 2.05) is 0 Å². The Bertz CT molecular complexity index is 1420. The number of benzene rings is 2. The first-order valence-corrected chi connectivity index (χ1v) is 14.0. The molecule has 232 valence electrons. The molecular weight excluding hydrogens is 598 g/mol. The highest BCUT2D eigenvalue weighted by Gasteiger charge is 2.37. The van der Waals surface area contributed by atoms with Crippen LogP contribution in [0.2, 0.25) is 0 Å². The van der Waals surface area contributed by atoms with Gasteiger partial charge in [-0.15, -0.1) is 0 Å². The van der Waals surface area contributed by atoms with Crippen LogP contribution in [0.1, 0.15) is 23.8 Å². The summed E-state index contributed by atoms with van der Waals surface area (Å²) in [7, 11) is 0. The van der Waals surface area contributed by atoms with Gasteiger partial charge in [-0.25, -0.2) is 9.59 Å². The first-order chi connectivity index (χ1) is 21.1. The summed E-state index contributed by atoms with van der Waals surface area (Å²) in [5, 5.41) is 22.0. The predicted molar refractivity (Wildman–Crippen MR) is 159 cm³/mol. The molecule has 0 radical (unpaired) electrons. The zero-order chi connectivity index (χ0) is 31.6. The summed E-state index contributed by atoms with van der Waals surface area (Å²) >= 11 is 4.50. The Morgan fingerprint density at radius 1 is 0.955 bits per heavy atom. The van der Waals surface area contributed by atoms with Crippen molar-refractivity contribution in [3.8, 4) is 0 Å². The zero-order valence-corrected chi connectivity index (χ0v) is 24.2. The van der Waals surface area contributed by atoms with Crippen molar-refractivity contribution < 1.29 is 33.7 Å². The molecule has 0 saturated carbocycles. The monoisotopic (exact) mass is 627 g/mol. The van der Waals surface area contributed by atoms with Crippen molar-refractivity contribution in [2.24, 2.45) is 9.98 Å².